The maximum Gasteiger partial charge on any atom is 0.309 e. The largest absolute Gasteiger partial charge is 0.481 e. The van der Waals surface area contributed by atoms with Crippen LogP contribution in [-0.2, 0) is 17.9 Å². The van der Waals surface area contributed by atoms with Crippen molar-refractivity contribution in [3.05, 3.63) is 88.3 Å². The smallest absolute Gasteiger partial charge is 0.309 e. The van der Waals surface area contributed by atoms with Crippen LogP contribution in [0.25, 0.3) is 33.4 Å². The molecule has 2 aliphatic carbocycles. The van der Waals surface area contributed by atoms with Gasteiger partial charge in [0.2, 0.25) is 5.88 Å². The third kappa shape index (κ3) is 6.95. The van der Waals surface area contributed by atoms with Gasteiger partial charge in [0.25, 0.3) is 6.43 Å². The van der Waals surface area contributed by atoms with Gasteiger partial charge >= 0.3 is 5.97 Å². The predicted octanol–water partition coefficient (Wildman–Crippen LogP) is 8.19. The Kier molecular flexibility index (Phi) is 10.1. The number of fused-ring (bicyclic) bond motifs is 3. The Morgan fingerprint density at radius 1 is 1.07 bits per heavy atom. The molecule has 8 rings (SSSR count). The number of carboxylic acids is 1. The van der Waals surface area contributed by atoms with E-state index in [0.717, 1.165) is 47.2 Å². The van der Waals surface area contributed by atoms with Crippen LogP contribution in [0.5, 0.6) is 5.88 Å². The zero-order valence-corrected chi connectivity index (χ0v) is 32.3. The third-order valence-electron chi connectivity index (χ3n) is 12.2. The van der Waals surface area contributed by atoms with Gasteiger partial charge in [-0.3, -0.25) is 19.6 Å². The molecule has 5 aromatic rings. The number of anilines is 2. The number of hydrogen-bond donors (Lipinski definition) is 3. The zero-order valence-electron chi connectivity index (χ0n) is 31.5. The highest BCUT2D eigenvalue weighted by atomic mass is 35.5. The molecule has 2 bridgehead atoms. The van der Waals surface area contributed by atoms with Gasteiger partial charge in [0.15, 0.2) is 11.6 Å². The van der Waals surface area contributed by atoms with Gasteiger partial charge in [-0.2, -0.15) is 0 Å². The van der Waals surface area contributed by atoms with E-state index in [4.69, 9.17) is 21.3 Å². The van der Waals surface area contributed by atoms with E-state index in [-0.39, 0.29) is 17.5 Å². The second kappa shape index (κ2) is 14.9. The van der Waals surface area contributed by atoms with Crippen molar-refractivity contribution in [3.8, 4) is 28.3 Å². The molecule has 2 aromatic carbocycles. The lowest BCUT2D eigenvalue weighted by molar-refractivity contribution is -0.148. The van der Waals surface area contributed by atoms with E-state index in [9.17, 15) is 23.8 Å². The molecule has 4 heterocycles. The number of aliphatic hydroxyl groups excluding tert-OH is 1. The summed E-state index contributed by atoms with van der Waals surface area (Å²) in [6, 6.07) is 17.1. The number of nitrogens with one attached hydrogen (secondary N) is 1. The lowest BCUT2D eigenvalue weighted by Crippen LogP contribution is -2.42. The van der Waals surface area contributed by atoms with E-state index < -0.39 is 23.6 Å². The van der Waals surface area contributed by atoms with Gasteiger partial charge in [-0.25, -0.2) is 23.7 Å². The summed E-state index contributed by atoms with van der Waals surface area (Å²) < 4.78 is 33.9. The summed E-state index contributed by atoms with van der Waals surface area (Å²) in [6.07, 6.45) is 2.92. The number of halogens is 3. The van der Waals surface area contributed by atoms with E-state index in [1.807, 2.05) is 55.5 Å². The monoisotopic (exact) mass is 783 g/mol. The minimum atomic E-state index is -2.89. The van der Waals surface area contributed by atoms with Gasteiger partial charge in [-0.1, -0.05) is 48.0 Å². The molecule has 3 aliphatic rings. The molecule has 1 saturated heterocycles. The standard InChI is InChI=1S/C42H44ClF2N7O4/c1-24-28(6-5-9-31(24)47-37-35-33(48-38(50-37)36(44)45)18-25(19-46-35)20-52-17-12-27(53)22-52)29-7-4-8-30(34(29)43)32-11-10-26(39(49-32)56-3)21-51(2)42-15-13-41(23-42,14-16-42)40(54)55/h4-11,18-19,27,36,53H,12-17,20-23H2,1-3H3,(H,54,55)(H,47,48,50)/t27-,41?,42?/m1/s1. The van der Waals surface area contributed by atoms with Gasteiger partial charge in [-0.15, -0.1) is 0 Å². The Morgan fingerprint density at radius 3 is 2.52 bits per heavy atom. The lowest BCUT2D eigenvalue weighted by Gasteiger charge is -2.37. The number of aromatic nitrogens is 4. The van der Waals surface area contributed by atoms with Crippen LogP contribution in [0, 0.1) is 12.3 Å². The number of alkyl halides is 2. The molecule has 3 aromatic heterocycles. The molecule has 0 spiro atoms. The number of nitrogens with zero attached hydrogens (tertiary/aromatic N) is 6. The molecule has 2 saturated carbocycles. The van der Waals surface area contributed by atoms with E-state index in [2.05, 4.69) is 37.1 Å². The molecule has 56 heavy (non-hydrogen) atoms. The minimum absolute atomic E-state index is 0.147. The Bertz CT molecular complexity index is 2320. The zero-order chi connectivity index (χ0) is 39.4. The van der Waals surface area contributed by atoms with Crippen LogP contribution in [0.3, 0.4) is 0 Å². The first-order valence-electron chi connectivity index (χ1n) is 18.9. The molecule has 3 fully saturated rings. The molecule has 0 unspecified atom stereocenters. The highest BCUT2D eigenvalue weighted by Crippen LogP contribution is 2.59. The lowest BCUT2D eigenvalue weighted by atomic mass is 9.84. The average molecular weight is 784 g/mol. The second-order valence-corrected chi connectivity index (χ2v) is 16.0. The van der Waals surface area contributed by atoms with Crippen molar-refractivity contribution in [1.29, 1.82) is 0 Å². The van der Waals surface area contributed by atoms with Crippen LogP contribution in [0.4, 0.5) is 20.3 Å². The fourth-order valence-electron chi connectivity index (χ4n) is 9.01. The maximum atomic E-state index is 14.1. The number of methoxy groups -OCH3 is 1. The van der Waals surface area contributed by atoms with Crippen LogP contribution in [0.15, 0.2) is 60.8 Å². The topological polar surface area (TPSA) is 137 Å². The predicted molar refractivity (Wildman–Crippen MR) is 210 cm³/mol. The second-order valence-electron chi connectivity index (χ2n) is 15.6. The number of carboxylic acid groups (broad SMARTS) is 1. The van der Waals surface area contributed by atoms with Gasteiger partial charge in [0.1, 0.15) is 5.52 Å². The molecular formula is C42H44ClF2N7O4. The number of hydrogen-bond acceptors (Lipinski definition) is 10. The number of benzene rings is 2. The quantitative estimate of drug-likeness (QED) is 0.113. The van der Waals surface area contributed by atoms with Gasteiger partial charge < -0.3 is 20.3 Å². The van der Waals surface area contributed by atoms with E-state index in [0.29, 0.717) is 84.2 Å². The summed E-state index contributed by atoms with van der Waals surface area (Å²) in [6.45, 7) is 4.32. The van der Waals surface area contributed by atoms with E-state index in [1.54, 1.807) is 19.4 Å². The number of likely N-dealkylation sites (tertiary alicyclic amines) is 1. The summed E-state index contributed by atoms with van der Waals surface area (Å²) in [7, 11) is 3.65. The van der Waals surface area contributed by atoms with Crippen molar-refractivity contribution < 1.29 is 28.5 Å². The van der Waals surface area contributed by atoms with Crippen LogP contribution in [0.1, 0.15) is 67.5 Å². The van der Waals surface area contributed by atoms with Crippen molar-refractivity contribution in [1.82, 2.24) is 29.7 Å². The van der Waals surface area contributed by atoms with Crippen molar-refractivity contribution in [2.75, 3.05) is 32.6 Å². The molecule has 11 nitrogen and oxygen atoms in total. The summed E-state index contributed by atoms with van der Waals surface area (Å²) in [5, 5.41) is 23.6. The van der Waals surface area contributed by atoms with Crippen LogP contribution < -0.4 is 10.1 Å². The first-order chi connectivity index (χ1) is 26.9. The van der Waals surface area contributed by atoms with E-state index >= 15 is 0 Å². The van der Waals surface area contributed by atoms with Crippen LogP contribution >= 0.6 is 11.6 Å². The number of pyridine rings is 2. The Morgan fingerprint density at radius 2 is 1.82 bits per heavy atom. The van der Waals surface area contributed by atoms with Gasteiger partial charge in [-0.05, 0) is 87.4 Å². The van der Waals surface area contributed by atoms with Gasteiger partial charge in [0, 0.05) is 60.3 Å². The summed E-state index contributed by atoms with van der Waals surface area (Å²) >= 11 is 7.18. The van der Waals surface area contributed by atoms with Crippen molar-refractivity contribution in [3.63, 3.8) is 0 Å². The van der Waals surface area contributed by atoms with Crippen molar-refractivity contribution in [2.24, 2.45) is 5.41 Å². The maximum absolute atomic E-state index is 14.1. The van der Waals surface area contributed by atoms with Crippen LogP contribution in [-0.4, -0.2) is 84.8 Å². The summed E-state index contributed by atoms with van der Waals surface area (Å²) in [5.41, 5.74) is 6.00. The minimum Gasteiger partial charge on any atom is -0.481 e. The molecule has 1 aliphatic heterocycles. The van der Waals surface area contributed by atoms with Gasteiger partial charge in [0.05, 0.1) is 34.9 Å². The number of aliphatic hydroxyl groups is 1. The third-order valence-corrected chi connectivity index (χ3v) is 12.6. The highest BCUT2D eigenvalue weighted by Gasteiger charge is 2.59. The Balaban J connectivity index is 1.06. The molecular weight excluding hydrogens is 740 g/mol. The summed E-state index contributed by atoms with van der Waals surface area (Å²) in [4.78, 5) is 34.2. The molecule has 1 atom stereocenters. The SMILES string of the molecule is COc1nc(-c2cccc(-c3cccc(Nc4nc(C(F)F)nc5cc(CN6CC[C@@H](O)C6)cnc45)c3C)c2Cl)ccc1CN(C)C12CCC(C(=O)O)(CC1)C2. The highest BCUT2D eigenvalue weighted by molar-refractivity contribution is 6.36. The van der Waals surface area contributed by atoms with Crippen molar-refractivity contribution in [2.45, 2.75) is 76.6 Å². The molecule has 3 N–H and O–H groups in total. The number of carbonyl (C=O) groups is 1. The number of aliphatic carboxylic acids is 1. The van der Waals surface area contributed by atoms with E-state index in [1.165, 1.54) is 0 Å². The number of rotatable bonds is 12. The Labute approximate surface area is 328 Å². The fraction of sp³-hybridized carbons (Fsp3) is 0.405. The first-order valence-corrected chi connectivity index (χ1v) is 19.3. The van der Waals surface area contributed by atoms with Crippen LogP contribution in [0.2, 0.25) is 5.02 Å². The Hall–Kier alpha value is -4.82. The number of ether oxygens (including phenoxy) is 1. The van der Waals surface area contributed by atoms with Crippen molar-refractivity contribution >= 4 is 40.1 Å². The normalized spacial score (nSPS) is 22.1. The average Bonchev–Trinajstić information content (AvgIpc) is 3.91. The fourth-order valence-corrected chi connectivity index (χ4v) is 9.34. The molecule has 0 amide bonds. The molecule has 14 heteroatoms. The molecule has 292 valence electrons. The molecule has 0 radical (unpaired) electrons. The number of β-amino-alcohol motifs (C(OH)–C–C–N with tert-alkyl or cyclic N) is 1. The summed E-state index contributed by atoms with van der Waals surface area (Å²) in [5.74, 6) is -0.641. The first kappa shape index (κ1) is 38.1.